The number of imidazole rings is 1. The second kappa shape index (κ2) is 6.19. The Morgan fingerprint density at radius 3 is 3.00 bits per heavy atom. The molecule has 1 aromatic carbocycles. The van der Waals surface area contributed by atoms with E-state index in [0.717, 1.165) is 6.42 Å². The van der Waals surface area contributed by atoms with Crippen molar-refractivity contribution in [2.24, 2.45) is 0 Å². The lowest BCUT2D eigenvalue weighted by atomic mass is 10.3. The molecule has 0 unspecified atom stereocenters. The lowest BCUT2D eigenvalue weighted by molar-refractivity contribution is -0.389. The van der Waals surface area contributed by atoms with Crippen molar-refractivity contribution in [1.29, 1.82) is 0 Å². The number of rotatable bonds is 6. The number of ether oxygens (including phenoxy) is 1. The molecule has 0 amide bonds. The van der Waals surface area contributed by atoms with Crippen molar-refractivity contribution in [3.05, 3.63) is 51.9 Å². The first-order valence-electron chi connectivity index (χ1n) is 5.70. The SMILES string of the molecule is O=[N+]([O-])c1cn(CCCOc2cccc(Cl)c2)cn1. The molecule has 7 heteroatoms. The first-order valence-corrected chi connectivity index (χ1v) is 6.07. The van der Waals surface area contributed by atoms with Crippen molar-refractivity contribution >= 4 is 17.4 Å². The number of aromatic nitrogens is 2. The van der Waals surface area contributed by atoms with Crippen molar-refractivity contribution in [2.75, 3.05) is 6.61 Å². The Morgan fingerprint density at radius 1 is 1.47 bits per heavy atom. The number of hydrogen-bond acceptors (Lipinski definition) is 4. The Bertz CT molecular complexity index is 571. The highest BCUT2D eigenvalue weighted by Crippen LogP contribution is 2.17. The van der Waals surface area contributed by atoms with Crippen molar-refractivity contribution < 1.29 is 9.66 Å². The van der Waals surface area contributed by atoms with Gasteiger partial charge in [-0.3, -0.25) is 0 Å². The van der Waals surface area contributed by atoms with E-state index in [-0.39, 0.29) is 5.82 Å². The summed E-state index contributed by atoms with van der Waals surface area (Å²) < 4.78 is 7.18. The van der Waals surface area contributed by atoms with Crippen LogP contribution in [0.3, 0.4) is 0 Å². The zero-order valence-corrected chi connectivity index (χ0v) is 10.8. The topological polar surface area (TPSA) is 70.2 Å². The van der Waals surface area contributed by atoms with E-state index < -0.39 is 4.92 Å². The molecule has 1 aromatic heterocycles. The molecule has 2 rings (SSSR count). The molecule has 0 aliphatic heterocycles. The molecule has 100 valence electrons. The zero-order chi connectivity index (χ0) is 13.7. The van der Waals surface area contributed by atoms with E-state index in [1.165, 1.54) is 12.5 Å². The Morgan fingerprint density at radius 2 is 2.32 bits per heavy atom. The van der Waals surface area contributed by atoms with Gasteiger partial charge in [-0.1, -0.05) is 17.7 Å². The summed E-state index contributed by atoms with van der Waals surface area (Å²) in [5, 5.41) is 11.1. The van der Waals surface area contributed by atoms with Crippen molar-refractivity contribution in [2.45, 2.75) is 13.0 Å². The highest BCUT2D eigenvalue weighted by Gasteiger charge is 2.08. The van der Waals surface area contributed by atoms with E-state index in [2.05, 4.69) is 4.98 Å². The maximum absolute atomic E-state index is 10.5. The van der Waals surface area contributed by atoms with Crippen molar-refractivity contribution in [3.63, 3.8) is 0 Å². The summed E-state index contributed by atoms with van der Waals surface area (Å²) in [6.07, 6.45) is 3.57. The summed E-state index contributed by atoms with van der Waals surface area (Å²) in [6, 6.07) is 7.16. The van der Waals surface area contributed by atoms with Crippen LogP contribution in [-0.4, -0.2) is 21.1 Å². The molecule has 0 aliphatic rings. The molecule has 0 spiro atoms. The van der Waals surface area contributed by atoms with E-state index >= 15 is 0 Å². The first-order chi connectivity index (χ1) is 9.15. The Labute approximate surface area is 114 Å². The fourth-order valence-electron chi connectivity index (χ4n) is 1.56. The lowest BCUT2D eigenvalue weighted by Gasteiger charge is -2.06. The summed E-state index contributed by atoms with van der Waals surface area (Å²) in [5.74, 6) is 0.569. The number of halogens is 1. The Balaban J connectivity index is 1.76. The summed E-state index contributed by atoms with van der Waals surface area (Å²) in [4.78, 5) is 13.6. The van der Waals surface area contributed by atoms with Crippen LogP contribution < -0.4 is 4.74 Å². The second-order valence-electron chi connectivity index (χ2n) is 3.89. The summed E-state index contributed by atoms with van der Waals surface area (Å²) >= 11 is 5.83. The molecule has 19 heavy (non-hydrogen) atoms. The normalized spacial score (nSPS) is 10.4. The first kappa shape index (κ1) is 13.4. The zero-order valence-electron chi connectivity index (χ0n) is 10.0. The summed E-state index contributed by atoms with van der Waals surface area (Å²) in [7, 11) is 0. The number of benzene rings is 1. The Hall–Kier alpha value is -2.08. The fraction of sp³-hybridized carbons (Fsp3) is 0.250. The van der Waals surface area contributed by atoms with Gasteiger partial charge in [-0.2, -0.15) is 0 Å². The highest BCUT2D eigenvalue weighted by molar-refractivity contribution is 6.30. The van der Waals surface area contributed by atoms with Gasteiger partial charge >= 0.3 is 5.82 Å². The van der Waals surface area contributed by atoms with Crippen LogP contribution in [-0.2, 0) is 6.54 Å². The molecule has 0 atom stereocenters. The van der Waals surface area contributed by atoms with Gasteiger partial charge in [0, 0.05) is 11.6 Å². The van der Waals surface area contributed by atoms with Gasteiger partial charge in [-0.15, -0.1) is 0 Å². The van der Waals surface area contributed by atoms with E-state index in [0.29, 0.717) is 23.9 Å². The second-order valence-corrected chi connectivity index (χ2v) is 4.32. The minimum Gasteiger partial charge on any atom is -0.493 e. The molecule has 0 saturated heterocycles. The average Bonchev–Trinajstić information content (AvgIpc) is 2.84. The minimum atomic E-state index is -0.515. The van der Waals surface area contributed by atoms with Crippen LogP contribution in [0.25, 0.3) is 0 Å². The third kappa shape index (κ3) is 3.96. The molecular formula is C12H12ClN3O3. The van der Waals surface area contributed by atoms with Crippen LogP contribution in [0.5, 0.6) is 5.75 Å². The molecule has 1 heterocycles. The monoisotopic (exact) mass is 281 g/mol. The third-order valence-corrected chi connectivity index (χ3v) is 2.67. The fourth-order valence-corrected chi connectivity index (χ4v) is 1.74. The maximum atomic E-state index is 10.5. The average molecular weight is 282 g/mol. The van der Waals surface area contributed by atoms with Gasteiger partial charge in [-0.25, -0.2) is 0 Å². The molecule has 0 N–H and O–H groups in total. The van der Waals surface area contributed by atoms with E-state index in [1.807, 2.05) is 12.1 Å². The number of hydrogen-bond donors (Lipinski definition) is 0. The standard InChI is InChI=1S/C12H12ClN3O3/c13-10-3-1-4-11(7-10)19-6-2-5-15-8-12(14-9-15)16(17)18/h1,3-4,7-9H,2,5-6H2. The van der Waals surface area contributed by atoms with Gasteiger partial charge in [0.25, 0.3) is 0 Å². The predicted molar refractivity (Wildman–Crippen MR) is 70.4 cm³/mol. The van der Waals surface area contributed by atoms with E-state index in [4.69, 9.17) is 16.3 Å². The quantitative estimate of drug-likeness (QED) is 0.464. The molecule has 0 bridgehead atoms. The predicted octanol–water partition coefficient (Wildman–Crippen LogP) is 2.91. The van der Waals surface area contributed by atoms with Gasteiger partial charge < -0.3 is 19.4 Å². The molecule has 0 saturated carbocycles. The number of nitrogens with zero attached hydrogens (tertiary/aromatic N) is 3. The van der Waals surface area contributed by atoms with Crippen LogP contribution in [0.4, 0.5) is 5.82 Å². The van der Waals surface area contributed by atoms with Gasteiger partial charge in [0.2, 0.25) is 6.33 Å². The molecule has 0 fully saturated rings. The summed E-state index contributed by atoms with van der Waals surface area (Å²) in [5.41, 5.74) is 0. The van der Waals surface area contributed by atoms with Crippen LogP contribution in [0.2, 0.25) is 5.02 Å². The van der Waals surface area contributed by atoms with Crippen LogP contribution in [0.1, 0.15) is 6.42 Å². The van der Waals surface area contributed by atoms with Gasteiger partial charge in [0.1, 0.15) is 11.9 Å². The van der Waals surface area contributed by atoms with Crippen LogP contribution in [0, 0.1) is 10.1 Å². The number of nitro groups is 1. The lowest BCUT2D eigenvalue weighted by Crippen LogP contribution is -2.03. The van der Waals surface area contributed by atoms with Crippen LogP contribution >= 0.6 is 11.6 Å². The largest absolute Gasteiger partial charge is 0.493 e. The highest BCUT2D eigenvalue weighted by atomic mass is 35.5. The minimum absolute atomic E-state index is 0.143. The molecular weight excluding hydrogens is 270 g/mol. The van der Waals surface area contributed by atoms with Crippen molar-refractivity contribution in [3.8, 4) is 5.75 Å². The van der Waals surface area contributed by atoms with Gasteiger partial charge in [0.05, 0.1) is 6.61 Å². The maximum Gasteiger partial charge on any atom is 0.381 e. The molecule has 6 nitrogen and oxygen atoms in total. The molecule has 0 aliphatic carbocycles. The third-order valence-electron chi connectivity index (χ3n) is 2.43. The smallest absolute Gasteiger partial charge is 0.381 e. The summed E-state index contributed by atoms with van der Waals surface area (Å²) in [6.45, 7) is 1.12. The van der Waals surface area contributed by atoms with Gasteiger partial charge in [-0.05, 0) is 34.5 Å². The van der Waals surface area contributed by atoms with Gasteiger partial charge in [0.15, 0.2) is 0 Å². The molecule has 2 aromatic rings. The Kier molecular flexibility index (Phi) is 4.35. The van der Waals surface area contributed by atoms with Crippen molar-refractivity contribution in [1.82, 2.24) is 9.55 Å². The van der Waals surface area contributed by atoms with E-state index in [1.54, 1.807) is 16.7 Å². The number of aryl methyl sites for hydroxylation is 1. The molecule has 0 radical (unpaired) electrons. The van der Waals surface area contributed by atoms with Crippen LogP contribution in [0.15, 0.2) is 36.8 Å². The van der Waals surface area contributed by atoms with E-state index in [9.17, 15) is 10.1 Å².